The van der Waals surface area contributed by atoms with Crippen molar-refractivity contribution in [3.63, 3.8) is 0 Å². The summed E-state index contributed by atoms with van der Waals surface area (Å²) in [6.07, 6.45) is 2.34. The number of carbonyl (C=O) groups is 1. The molecule has 0 spiro atoms. The minimum absolute atomic E-state index is 0.00760. The highest BCUT2D eigenvalue weighted by molar-refractivity contribution is 5.79. The number of nitrogens with zero attached hydrogens (tertiary/aromatic N) is 2. The number of nitrogens with one attached hydrogen (secondary N) is 1. The molecule has 4 rings (SSSR count). The molecule has 1 aliphatic heterocycles. The third-order valence-corrected chi connectivity index (χ3v) is 5.00. The number of methoxy groups -OCH3 is 2. The standard InChI is InChI=1S/C20H21N3O3/c1-12-16(25-2)8-7-13(20(12)26-3)14-10-18(24)21-11-15-19(14)23-9-5-4-6-17(23)22-15/h4-9,14H,10-11H2,1-3H3,(H,21,24)/t14-/m0/s1. The van der Waals surface area contributed by atoms with E-state index in [1.54, 1.807) is 14.2 Å². The van der Waals surface area contributed by atoms with Crippen LogP contribution >= 0.6 is 0 Å². The Morgan fingerprint density at radius 1 is 1.19 bits per heavy atom. The molecular weight excluding hydrogens is 330 g/mol. The second kappa shape index (κ2) is 6.37. The quantitative estimate of drug-likeness (QED) is 0.788. The molecule has 26 heavy (non-hydrogen) atoms. The fourth-order valence-corrected chi connectivity index (χ4v) is 3.82. The lowest BCUT2D eigenvalue weighted by Gasteiger charge is -2.21. The Bertz CT molecular complexity index is 993. The Kier molecular flexibility index (Phi) is 4.03. The van der Waals surface area contributed by atoms with Crippen LogP contribution in [0.4, 0.5) is 0 Å². The van der Waals surface area contributed by atoms with Crippen LogP contribution in [-0.2, 0) is 11.3 Å². The number of benzene rings is 1. The molecule has 3 aromatic rings. The molecule has 0 saturated heterocycles. The largest absolute Gasteiger partial charge is 0.496 e. The number of hydrogen-bond acceptors (Lipinski definition) is 4. The smallest absolute Gasteiger partial charge is 0.221 e. The maximum atomic E-state index is 12.4. The molecule has 0 fully saturated rings. The van der Waals surface area contributed by atoms with Gasteiger partial charge in [0.1, 0.15) is 17.1 Å². The van der Waals surface area contributed by atoms with E-state index in [0.29, 0.717) is 13.0 Å². The molecule has 0 bridgehead atoms. The van der Waals surface area contributed by atoms with Gasteiger partial charge in [0.2, 0.25) is 5.91 Å². The van der Waals surface area contributed by atoms with E-state index in [1.165, 1.54) is 0 Å². The Morgan fingerprint density at radius 3 is 2.81 bits per heavy atom. The first-order valence-electron chi connectivity index (χ1n) is 8.58. The second-order valence-corrected chi connectivity index (χ2v) is 6.42. The van der Waals surface area contributed by atoms with E-state index in [1.807, 2.05) is 43.5 Å². The van der Waals surface area contributed by atoms with Crippen LogP contribution in [0.25, 0.3) is 5.65 Å². The van der Waals surface area contributed by atoms with Crippen molar-refractivity contribution >= 4 is 11.6 Å². The number of aromatic nitrogens is 2. The molecule has 3 heterocycles. The number of pyridine rings is 1. The molecule has 0 saturated carbocycles. The molecule has 1 atom stereocenters. The predicted molar refractivity (Wildman–Crippen MR) is 97.8 cm³/mol. The number of rotatable bonds is 3. The molecule has 6 nitrogen and oxygen atoms in total. The third kappa shape index (κ3) is 2.49. The van der Waals surface area contributed by atoms with Crippen LogP contribution in [0.3, 0.4) is 0 Å². The van der Waals surface area contributed by atoms with Crippen LogP contribution in [0.2, 0.25) is 0 Å². The average molecular weight is 351 g/mol. The molecule has 6 heteroatoms. The number of hydrogen-bond donors (Lipinski definition) is 1. The van der Waals surface area contributed by atoms with Crippen molar-refractivity contribution in [2.24, 2.45) is 0 Å². The molecule has 134 valence electrons. The van der Waals surface area contributed by atoms with E-state index in [4.69, 9.17) is 14.5 Å². The fraction of sp³-hybridized carbons (Fsp3) is 0.300. The van der Waals surface area contributed by atoms with Gasteiger partial charge in [-0.15, -0.1) is 0 Å². The van der Waals surface area contributed by atoms with Crippen molar-refractivity contribution < 1.29 is 14.3 Å². The van der Waals surface area contributed by atoms with E-state index in [9.17, 15) is 4.79 Å². The Balaban J connectivity index is 1.97. The van der Waals surface area contributed by atoms with E-state index >= 15 is 0 Å². The van der Waals surface area contributed by atoms with Gasteiger partial charge in [0.25, 0.3) is 0 Å². The van der Waals surface area contributed by atoms with Crippen LogP contribution in [0.15, 0.2) is 36.5 Å². The summed E-state index contributed by atoms with van der Waals surface area (Å²) in [4.78, 5) is 17.1. The minimum atomic E-state index is -0.149. The zero-order valence-corrected chi connectivity index (χ0v) is 15.1. The highest BCUT2D eigenvalue weighted by Crippen LogP contribution is 2.41. The van der Waals surface area contributed by atoms with Crippen LogP contribution in [-0.4, -0.2) is 29.5 Å². The fourth-order valence-electron chi connectivity index (χ4n) is 3.82. The third-order valence-electron chi connectivity index (χ3n) is 5.00. The summed E-state index contributed by atoms with van der Waals surface area (Å²) in [6.45, 7) is 2.40. The van der Waals surface area contributed by atoms with Gasteiger partial charge in [-0.05, 0) is 25.1 Å². The van der Waals surface area contributed by atoms with Crippen LogP contribution in [0.1, 0.15) is 34.9 Å². The highest BCUT2D eigenvalue weighted by Gasteiger charge is 2.31. The van der Waals surface area contributed by atoms with Gasteiger partial charge in [-0.2, -0.15) is 0 Å². The average Bonchev–Trinajstić information content (AvgIpc) is 2.94. The van der Waals surface area contributed by atoms with E-state index < -0.39 is 0 Å². The van der Waals surface area contributed by atoms with E-state index in [0.717, 1.165) is 39.7 Å². The van der Waals surface area contributed by atoms with Gasteiger partial charge in [-0.1, -0.05) is 12.1 Å². The van der Waals surface area contributed by atoms with Gasteiger partial charge >= 0.3 is 0 Å². The first kappa shape index (κ1) is 16.4. The van der Waals surface area contributed by atoms with Gasteiger partial charge < -0.3 is 19.2 Å². The maximum absolute atomic E-state index is 12.4. The maximum Gasteiger partial charge on any atom is 0.221 e. The molecule has 1 aliphatic rings. The zero-order chi connectivity index (χ0) is 18.3. The number of fused-ring (bicyclic) bond motifs is 3. The predicted octanol–water partition coefficient (Wildman–Crippen LogP) is 2.81. The molecule has 0 aliphatic carbocycles. The summed E-state index contributed by atoms with van der Waals surface area (Å²) in [5.41, 5.74) is 4.69. The normalized spacial score (nSPS) is 16.7. The lowest BCUT2D eigenvalue weighted by atomic mass is 9.89. The number of ether oxygens (including phenoxy) is 2. The summed E-state index contributed by atoms with van der Waals surface area (Å²) >= 11 is 0. The van der Waals surface area contributed by atoms with Crippen LogP contribution in [0, 0.1) is 6.92 Å². The first-order chi connectivity index (χ1) is 12.6. The molecule has 2 aromatic heterocycles. The number of amides is 1. The van der Waals surface area contributed by atoms with Gasteiger partial charge in [0.15, 0.2) is 0 Å². The van der Waals surface area contributed by atoms with E-state index in [2.05, 4.69) is 9.72 Å². The zero-order valence-electron chi connectivity index (χ0n) is 15.1. The topological polar surface area (TPSA) is 64.9 Å². The summed E-state index contributed by atoms with van der Waals surface area (Å²) in [5.74, 6) is 1.38. The number of imidazole rings is 1. The van der Waals surface area contributed by atoms with Crippen LogP contribution < -0.4 is 14.8 Å². The monoisotopic (exact) mass is 351 g/mol. The summed E-state index contributed by atoms with van der Waals surface area (Å²) in [6, 6.07) is 9.83. The molecule has 1 amide bonds. The first-order valence-corrected chi connectivity index (χ1v) is 8.58. The van der Waals surface area contributed by atoms with Gasteiger partial charge in [-0.3, -0.25) is 4.79 Å². The lowest BCUT2D eigenvalue weighted by molar-refractivity contribution is -0.121. The Morgan fingerprint density at radius 2 is 2.04 bits per heavy atom. The van der Waals surface area contributed by atoms with Crippen molar-refractivity contribution in [1.82, 2.24) is 14.7 Å². The molecule has 1 aromatic carbocycles. The Labute approximate surface area is 151 Å². The van der Waals surface area contributed by atoms with Crippen molar-refractivity contribution in [1.29, 1.82) is 0 Å². The number of carbonyl (C=O) groups excluding carboxylic acids is 1. The van der Waals surface area contributed by atoms with Crippen molar-refractivity contribution in [3.8, 4) is 11.5 Å². The summed E-state index contributed by atoms with van der Waals surface area (Å²) < 4.78 is 13.2. The molecule has 0 radical (unpaired) electrons. The van der Waals surface area contributed by atoms with Crippen molar-refractivity contribution in [3.05, 3.63) is 59.0 Å². The highest BCUT2D eigenvalue weighted by atomic mass is 16.5. The summed E-state index contributed by atoms with van der Waals surface area (Å²) in [7, 11) is 3.29. The van der Waals surface area contributed by atoms with Gasteiger partial charge in [0, 0.05) is 29.7 Å². The molecule has 1 N–H and O–H groups in total. The Hall–Kier alpha value is -3.02. The SMILES string of the molecule is COc1ccc([C@@H]2CC(=O)NCc3nc4ccccn4c32)c(OC)c1C. The van der Waals surface area contributed by atoms with Crippen molar-refractivity contribution in [2.75, 3.05) is 14.2 Å². The van der Waals surface area contributed by atoms with E-state index in [-0.39, 0.29) is 11.8 Å². The summed E-state index contributed by atoms with van der Waals surface area (Å²) in [5, 5.41) is 2.96. The van der Waals surface area contributed by atoms with Crippen molar-refractivity contribution in [2.45, 2.75) is 25.8 Å². The van der Waals surface area contributed by atoms with Gasteiger partial charge in [0.05, 0.1) is 32.2 Å². The second-order valence-electron chi connectivity index (χ2n) is 6.42. The van der Waals surface area contributed by atoms with Crippen LogP contribution in [0.5, 0.6) is 11.5 Å². The molecular formula is C20H21N3O3. The minimum Gasteiger partial charge on any atom is -0.496 e. The lowest BCUT2D eigenvalue weighted by Crippen LogP contribution is -2.21. The van der Waals surface area contributed by atoms with Gasteiger partial charge in [-0.25, -0.2) is 4.98 Å². The molecule has 0 unspecified atom stereocenters.